The summed E-state index contributed by atoms with van der Waals surface area (Å²) >= 11 is 0. The Hall–Kier alpha value is -2.52. The third-order valence-electron chi connectivity index (χ3n) is 3.24. The highest BCUT2D eigenvalue weighted by Crippen LogP contribution is 2.19. The minimum atomic E-state index is -3.54. The molecule has 1 N–H and O–H groups in total. The van der Waals surface area contributed by atoms with E-state index in [2.05, 4.69) is 20.0 Å². The number of aromatic nitrogens is 2. The normalized spacial score (nSPS) is 11.3. The number of rotatable bonds is 6. The average Bonchev–Trinajstić information content (AvgIpc) is 2.59. The number of carbonyl (C=O) groups is 1. The maximum atomic E-state index is 12.3. The third-order valence-corrected chi connectivity index (χ3v) is 5.15. The highest BCUT2D eigenvalue weighted by Gasteiger charge is 2.20. The van der Waals surface area contributed by atoms with Crippen molar-refractivity contribution in [2.45, 2.75) is 11.4 Å². The van der Waals surface area contributed by atoms with E-state index >= 15 is 0 Å². The Kier molecular flexibility index (Phi) is 5.47. The van der Waals surface area contributed by atoms with Crippen molar-refractivity contribution in [1.82, 2.24) is 14.3 Å². The van der Waals surface area contributed by atoms with Gasteiger partial charge in [0, 0.05) is 20.6 Å². The van der Waals surface area contributed by atoms with E-state index in [1.165, 1.54) is 33.6 Å². The molecule has 0 atom stereocenters. The summed E-state index contributed by atoms with van der Waals surface area (Å²) in [7, 11) is 0.690. The Labute approximate surface area is 140 Å². The zero-order chi connectivity index (χ0) is 17.7. The van der Waals surface area contributed by atoms with E-state index in [4.69, 9.17) is 0 Å². The summed E-state index contributed by atoms with van der Waals surface area (Å²) in [6.45, 7) is 0.246. The predicted octanol–water partition coefficient (Wildman–Crippen LogP) is 1.13. The van der Waals surface area contributed by atoms with Gasteiger partial charge in [0.1, 0.15) is 5.82 Å². The largest absolute Gasteiger partial charge is 0.464 e. The molecule has 8 nitrogen and oxygen atoms in total. The number of nitrogens with zero attached hydrogens (tertiary/aromatic N) is 3. The second kappa shape index (κ2) is 7.37. The van der Waals surface area contributed by atoms with Crippen LogP contribution in [0.15, 0.2) is 41.6 Å². The molecule has 0 amide bonds. The van der Waals surface area contributed by atoms with Crippen LogP contribution >= 0.6 is 0 Å². The summed E-state index contributed by atoms with van der Waals surface area (Å²) in [5, 5.41) is 2.99. The van der Waals surface area contributed by atoms with Crippen LogP contribution in [-0.2, 0) is 21.3 Å². The van der Waals surface area contributed by atoms with Gasteiger partial charge >= 0.3 is 5.97 Å². The molecule has 0 aliphatic heterocycles. The van der Waals surface area contributed by atoms with Gasteiger partial charge < -0.3 is 10.1 Å². The van der Waals surface area contributed by atoms with Crippen LogP contribution in [0.5, 0.6) is 0 Å². The molecule has 2 aromatic rings. The summed E-state index contributed by atoms with van der Waals surface area (Å²) in [6, 6.07) is 6.71. The smallest absolute Gasteiger partial charge is 0.358 e. The molecule has 9 heteroatoms. The molecule has 0 spiro atoms. The minimum Gasteiger partial charge on any atom is -0.464 e. The lowest BCUT2D eigenvalue weighted by atomic mass is 10.2. The maximum Gasteiger partial charge on any atom is 0.358 e. The SMILES string of the molecule is COC(=O)c1cnc(NCc2ccccc2S(=O)(=O)N(C)C)cn1. The van der Waals surface area contributed by atoms with Crippen molar-refractivity contribution in [3.05, 3.63) is 47.9 Å². The molecular formula is C15H18N4O4S. The zero-order valence-electron chi connectivity index (χ0n) is 13.6. The first kappa shape index (κ1) is 17.8. The monoisotopic (exact) mass is 350 g/mol. The summed E-state index contributed by atoms with van der Waals surface area (Å²) in [4.78, 5) is 19.5. The molecule has 0 saturated heterocycles. The molecule has 24 heavy (non-hydrogen) atoms. The highest BCUT2D eigenvalue weighted by molar-refractivity contribution is 7.89. The Morgan fingerprint density at radius 3 is 2.50 bits per heavy atom. The Bertz CT molecular complexity index is 820. The lowest BCUT2D eigenvalue weighted by molar-refractivity contribution is 0.0593. The van der Waals surface area contributed by atoms with Gasteiger partial charge in [-0.15, -0.1) is 0 Å². The van der Waals surface area contributed by atoms with E-state index in [1.54, 1.807) is 24.3 Å². The van der Waals surface area contributed by atoms with Crippen molar-refractivity contribution >= 4 is 21.8 Å². The van der Waals surface area contributed by atoms with E-state index in [9.17, 15) is 13.2 Å². The van der Waals surface area contributed by atoms with Gasteiger partial charge in [0.05, 0.1) is 24.4 Å². The van der Waals surface area contributed by atoms with Crippen LogP contribution in [0.1, 0.15) is 16.1 Å². The van der Waals surface area contributed by atoms with Crippen molar-refractivity contribution in [3.63, 3.8) is 0 Å². The van der Waals surface area contributed by atoms with Crippen molar-refractivity contribution in [1.29, 1.82) is 0 Å². The number of methoxy groups -OCH3 is 1. The lowest BCUT2D eigenvalue weighted by Crippen LogP contribution is -2.23. The van der Waals surface area contributed by atoms with E-state index in [1.807, 2.05) is 0 Å². The van der Waals surface area contributed by atoms with E-state index in [0.717, 1.165) is 4.31 Å². The van der Waals surface area contributed by atoms with E-state index in [-0.39, 0.29) is 17.1 Å². The summed E-state index contributed by atoms with van der Waals surface area (Å²) in [6.07, 6.45) is 2.67. The quantitative estimate of drug-likeness (QED) is 0.779. The number of carbonyl (C=O) groups excluding carboxylic acids is 1. The number of hydrogen-bond donors (Lipinski definition) is 1. The molecule has 1 aromatic heterocycles. The Balaban J connectivity index is 2.17. The van der Waals surface area contributed by atoms with Gasteiger partial charge in [-0.2, -0.15) is 0 Å². The summed E-state index contributed by atoms with van der Waals surface area (Å²) in [5.74, 6) is -0.156. The molecule has 0 radical (unpaired) electrons. The Morgan fingerprint density at radius 1 is 1.21 bits per heavy atom. The van der Waals surface area contributed by atoms with Gasteiger partial charge in [-0.3, -0.25) is 0 Å². The molecule has 0 aliphatic rings. The van der Waals surface area contributed by atoms with Crippen molar-refractivity contribution < 1.29 is 17.9 Å². The van der Waals surface area contributed by atoms with Gasteiger partial charge in [-0.1, -0.05) is 18.2 Å². The van der Waals surface area contributed by atoms with E-state index < -0.39 is 16.0 Å². The van der Waals surface area contributed by atoms with Gasteiger partial charge in [0.15, 0.2) is 5.69 Å². The van der Waals surface area contributed by atoms with Gasteiger partial charge in [-0.05, 0) is 11.6 Å². The molecule has 0 unspecified atom stereocenters. The topological polar surface area (TPSA) is 101 Å². The van der Waals surface area contributed by atoms with Crippen LogP contribution in [0.25, 0.3) is 0 Å². The van der Waals surface area contributed by atoms with Crippen LogP contribution in [0.3, 0.4) is 0 Å². The summed E-state index contributed by atoms with van der Waals surface area (Å²) < 4.78 is 30.4. The number of esters is 1. The highest BCUT2D eigenvalue weighted by atomic mass is 32.2. The fourth-order valence-electron chi connectivity index (χ4n) is 1.91. The first-order valence-electron chi connectivity index (χ1n) is 7.01. The number of ether oxygens (including phenoxy) is 1. The minimum absolute atomic E-state index is 0.0960. The molecule has 1 heterocycles. The van der Waals surface area contributed by atoms with Crippen LogP contribution in [0.2, 0.25) is 0 Å². The molecule has 0 fully saturated rings. The molecule has 0 aliphatic carbocycles. The molecular weight excluding hydrogens is 332 g/mol. The molecule has 2 rings (SSSR count). The first-order valence-corrected chi connectivity index (χ1v) is 8.45. The third kappa shape index (κ3) is 3.87. The van der Waals surface area contributed by atoms with Gasteiger partial charge in [0.25, 0.3) is 0 Å². The average molecular weight is 350 g/mol. The van der Waals surface area contributed by atoms with Crippen LogP contribution in [-0.4, -0.2) is 49.9 Å². The fourth-order valence-corrected chi connectivity index (χ4v) is 3.03. The van der Waals surface area contributed by atoms with Crippen LogP contribution in [0.4, 0.5) is 5.82 Å². The second-order valence-electron chi connectivity index (χ2n) is 5.03. The fraction of sp³-hybridized carbons (Fsp3) is 0.267. The van der Waals surface area contributed by atoms with Gasteiger partial charge in [-0.25, -0.2) is 27.5 Å². The molecule has 128 valence electrons. The zero-order valence-corrected chi connectivity index (χ0v) is 14.4. The number of benzene rings is 1. The van der Waals surface area contributed by atoms with E-state index in [0.29, 0.717) is 11.4 Å². The van der Waals surface area contributed by atoms with Gasteiger partial charge in [0.2, 0.25) is 10.0 Å². The number of sulfonamides is 1. The first-order chi connectivity index (χ1) is 11.4. The number of anilines is 1. The van der Waals surface area contributed by atoms with Crippen molar-refractivity contribution in [3.8, 4) is 0 Å². The molecule has 1 aromatic carbocycles. The number of nitrogens with one attached hydrogen (secondary N) is 1. The standard InChI is InChI=1S/C15H18N4O4S/c1-19(2)24(21,22)13-7-5-4-6-11(13)8-17-14-10-16-12(9-18-14)15(20)23-3/h4-7,9-10H,8H2,1-3H3,(H,17,18). The summed E-state index contributed by atoms with van der Waals surface area (Å²) in [5.41, 5.74) is 0.698. The molecule has 0 bridgehead atoms. The predicted molar refractivity (Wildman–Crippen MR) is 88.0 cm³/mol. The number of hydrogen-bond acceptors (Lipinski definition) is 7. The van der Waals surface area contributed by atoms with Crippen LogP contribution in [0, 0.1) is 0 Å². The maximum absolute atomic E-state index is 12.3. The lowest BCUT2D eigenvalue weighted by Gasteiger charge is -2.15. The van der Waals surface area contributed by atoms with Crippen LogP contribution < -0.4 is 5.32 Å². The van der Waals surface area contributed by atoms with Crippen molar-refractivity contribution in [2.24, 2.45) is 0 Å². The molecule has 0 saturated carbocycles. The Morgan fingerprint density at radius 2 is 1.92 bits per heavy atom. The van der Waals surface area contributed by atoms with Crippen molar-refractivity contribution in [2.75, 3.05) is 26.5 Å². The second-order valence-corrected chi connectivity index (χ2v) is 7.15.